The van der Waals surface area contributed by atoms with Crippen LogP contribution in [0.15, 0.2) is 96.6 Å². The lowest BCUT2D eigenvalue weighted by molar-refractivity contribution is -0.120. The molecule has 4 aromatic rings. The quantitative estimate of drug-likeness (QED) is 0.212. The Labute approximate surface area is 224 Å². The Morgan fingerprint density at radius 1 is 0.789 bits per heavy atom. The number of hydrogen-bond acceptors (Lipinski definition) is 4. The van der Waals surface area contributed by atoms with Gasteiger partial charge in [0, 0.05) is 11.4 Å². The van der Waals surface area contributed by atoms with E-state index in [1.54, 1.807) is 78.9 Å². The minimum absolute atomic E-state index is 0.0573. The van der Waals surface area contributed by atoms with E-state index in [9.17, 15) is 19.5 Å². The van der Waals surface area contributed by atoms with Crippen LogP contribution in [0.3, 0.4) is 0 Å². The van der Waals surface area contributed by atoms with Crippen molar-refractivity contribution in [2.45, 2.75) is 13.8 Å². The van der Waals surface area contributed by atoms with Gasteiger partial charge in [-0.05, 0) is 80.2 Å². The number of aryl methyl sites for hydroxylation is 1. The van der Waals surface area contributed by atoms with Crippen LogP contribution in [0.5, 0.6) is 0 Å². The van der Waals surface area contributed by atoms with Gasteiger partial charge in [0.25, 0.3) is 11.8 Å². The molecule has 3 aromatic carbocycles. The van der Waals surface area contributed by atoms with Gasteiger partial charge in [0.15, 0.2) is 5.11 Å². The van der Waals surface area contributed by atoms with Gasteiger partial charge in [-0.15, -0.1) is 0 Å². The fourth-order valence-electron chi connectivity index (χ4n) is 4.65. The van der Waals surface area contributed by atoms with Crippen LogP contribution in [-0.2, 0) is 9.59 Å². The number of amides is 2. The number of thiocarbonyl (C=S) groups is 1. The van der Waals surface area contributed by atoms with E-state index in [4.69, 9.17) is 12.2 Å². The molecule has 1 aromatic heterocycles. The van der Waals surface area contributed by atoms with Crippen LogP contribution in [0, 0.1) is 13.8 Å². The largest absolute Gasteiger partial charge is 0.478 e. The maximum Gasteiger partial charge on any atom is 0.337 e. The molecule has 2 heterocycles. The lowest BCUT2D eigenvalue weighted by Crippen LogP contribution is -2.56. The van der Waals surface area contributed by atoms with Crippen molar-refractivity contribution in [2.75, 3.05) is 9.80 Å². The number of carbonyl (C=O) groups is 3. The number of anilines is 2. The third kappa shape index (κ3) is 4.21. The van der Waals surface area contributed by atoms with Crippen molar-refractivity contribution in [1.82, 2.24) is 4.57 Å². The molecule has 1 fully saturated rings. The molecule has 0 bridgehead atoms. The lowest BCUT2D eigenvalue weighted by Gasteiger charge is -2.36. The van der Waals surface area contributed by atoms with Gasteiger partial charge in [0.1, 0.15) is 5.57 Å². The Morgan fingerprint density at radius 2 is 1.29 bits per heavy atom. The van der Waals surface area contributed by atoms with Gasteiger partial charge in [-0.25, -0.2) is 4.79 Å². The van der Waals surface area contributed by atoms with Crippen LogP contribution in [-0.4, -0.2) is 32.6 Å². The van der Waals surface area contributed by atoms with Crippen molar-refractivity contribution in [1.29, 1.82) is 0 Å². The highest BCUT2D eigenvalue weighted by atomic mass is 32.1. The number of carboxylic acid groups (broad SMARTS) is 1. The zero-order valence-electron chi connectivity index (χ0n) is 20.7. The second-order valence-electron chi connectivity index (χ2n) is 8.78. The number of carboxylic acids is 1. The molecule has 8 heteroatoms. The molecule has 38 heavy (non-hydrogen) atoms. The lowest BCUT2D eigenvalue weighted by atomic mass is 10.0. The van der Waals surface area contributed by atoms with Crippen molar-refractivity contribution in [3.8, 4) is 5.69 Å². The summed E-state index contributed by atoms with van der Waals surface area (Å²) < 4.78 is 1.81. The smallest absolute Gasteiger partial charge is 0.337 e. The number of benzene rings is 3. The summed E-state index contributed by atoms with van der Waals surface area (Å²) in [4.78, 5) is 42.1. The molecule has 7 nitrogen and oxygen atoms in total. The summed E-state index contributed by atoms with van der Waals surface area (Å²) in [6.45, 7) is 3.67. The fraction of sp³-hybridized carbons (Fsp3) is 0.0667. The summed E-state index contributed by atoms with van der Waals surface area (Å²) in [6, 6.07) is 26.4. The van der Waals surface area contributed by atoms with E-state index in [-0.39, 0.29) is 16.2 Å². The summed E-state index contributed by atoms with van der Waals surface area (Å²) in [5.74, 6) is -2.11. The first-order chi connectivity index (χ1) is 18.3. The van der Waals surface area contributed by atoms with Gasteiger partial charge in [-0.3, -0.25) is 19.4 Å². The molecule has 1 N–H and O–H groups in total. The van der Waals surface area contributed by atoms with Crippen LogP contribution in [0.4, 0.5) is 11.4 Å². The van der Waals surface area contributed by atoms with E-state index in [2.05, 4.69) is 0 Å². The Bertz CT molecular complexity index is 1560. The molecule has 2 amide bonds. The molecule has 1 aliphatic rings. The monoisotopic (exact) mass is 521 g/mol. The van der Waals surface area contributed by atoms with E-state index >= 15 is 0 Å². The Hall–Kier alpha value is -4.82. The van der Waals surface area contributed by atoms with Gasteiger partial charge in [-0.2, -0.15) is 0 Å². The normalized spacial score (nSPS) is 13.7. The molecule has 0 atom stereocenters. The van der Waals surface area contributed by atoms with E-state index in [0.717, 1.165) is 5.69 Å². The van der Waals surface area contributed by atoms with Gasteiger partial charge in [0.2, 0.25) is 0 Å². The summed E-state index contributed by atoms with van der Waals surface area (Å²) in [6.07, 6.45) is 1.56. The topological polar surface area (TPSA) is 82.9 Å². The Balaban J connectivity index is 1.67. The Morgan fingerprint density at radius 3 is 1.82 bits per heavy atom. The van der Waals surface area contributed by atoms with Gasteiger partial charge >= 0.3 is 5.97 Å². The average molecular weight is 522 g/mol. The summed E-state index contributed by atoms with van der Waals surface area (Å²) in [5, 5.41) is 9.77. The minimum Gasteiger partial charge on any atom is -0.478 e. The van der Waals surface area contributed by atoms with Crippen LogP contribution in [0.1, 0.15) is 27.3 Å². The van der Waals surface area contributed by atoms with Crippen LogP contribution >= 0.6 is 12.2 Å². The third-order valence-corrected chi connectivity index (χ3v) is 6.79. The van der Waals surface area contributed by atoms with Crippen LogP contribution < -0.4 is 9.80 Å². The van der Waals surface area contributed by atoms with Crippen molar-refractivity contribution >= 4 is 52.6 Å². The molecule has 1 aliphatic heterocycles. The first-order valence-corrected chi connectivity index (χ1v) is 12.3. The number of aromatic nitrogens is 1. The summed E-state index contributed by atoms with van der Waals surface area (Å²) in [5.41, 5.74) is 3.74. The molecule has 0 unspecified atom stereocenters. The second-order valence-corrected chi connectivity index (χ2v) is 9.14. The minimum atomic E-state index is -1.05. The maximum atomic E-state index is 13.8. The highest BCUT2D eigenvalue weighted by molar-refractivity contribution is 7.81. The summed E-state index contributed by atoms with van der Waals surface area (Å²) >= 11 is 5.66. The summed E-state index contributed by atoms with van der Waals surface area (Å²) in [7, 11) is 0. The molecule has 188 valence electrons. The number of para-hydroxylation sites is 3. The molecule has 5 rings (SSSR count). The zero-order valence-corrected chi connectivity index (χ0v) is 21.5. The first-order valence-electron chi connectivity index (χ1n) is 11.9. The fourth-order valence-corrected chi connectivity index (χ4v) is 5.03. The SMILES string of the molecule is Cc1cc(C=C2C(=O)N(c3ccccc3)C(=S)N(c3ccccc3)C2=O)c(C)n1-c1ccccc1C(=O)O. The van der Waals surface area contributed by atoms with Crippen LogP contribution in [0.2, 0.25) is 0 Å². The van der Waals surface area contributed by atoms with Crippen molar-refractivity contribution in [2.24, 2.45) is 0 Å². The second kappa shape index (κ2) is 9.91. The first kappa shape index (κ1) is 24.9. The predicted octanol–water partition coefficient (Wildman–Crippen LogP) is 5.54. The third-order valence-electron chi connectivity index (χ3n) is 6.42. The molecule has 0 radical (unpaired) electrons. The van der Waals surface area contributed by atoms with E-state index < -0.39 is 17.8 Å². The standard InChI is InChI=1S/C30H23N3O4S/c1-19-17-21(20(2)31(19)26-16-10-9-15-24(26)29(36)37)18-25-27(34)32(22-11-5-3-6-12-22)30(38)33(28(25)35)23-13-7-4-8-14-23/h3-18H,1-2H3,(H,36,37). The number of nitrogens with zero attached hydrogens (tertiary/aromatic N) is 3. The van der Waals surface area contributed by atoms with Crippen LogP contribution in [0.25, 0.3) is 11.8 Å². The molecule has 0 spiro atoms. The van der Waals surface area contributed by atoms with E-state index in [0.29, 0.717) is 28.3 Å². The van der Waals surface area contributed by atoms with E-state index in [1.165, 1.54) is 9.80 Å². The van der Waals surface area contributed by atoms with Crippen molar-refractivity contribution < 1.29 is 19.5 Å². The van der Waals surface area contributed by atoms with Crippen molar-refractivity contribution in [3.05, 3.63) is 119 Å². The number of hydrogen-bond donors (Lipinski definition) is 1. The Kier molecular flexibility index (Phi) is 6.48. The highest BCUT2D eigenvalue weighted by Crippen LogP contribution is 2.31. The molecular formula is C30H23N3O4S. The molecule has 1 saturated heterocycles. The molecule has 0 saturated carbocycles. The number of rotatable bonds is 5. The molecule has 0 aliphatic carbocycles. The van der Waals surface area contributed by atoms with Gasteiger partial charge in [0.05, 0.1) is 22.6 Å². The average Bonchev–Trinajstić information content (AvgIpc) is 3.20. The zero-order chi connectivity index (χ0) is 27.0. The van der Waals surface area contributed by atoms with Gasteiger partial charge in [-0.1, -0.05) is 48.5 Å². The highest BCUT2D eigenvalue weighted by Gasteiger charge is 2.41. The number of carbonyl (C=O) groups excluding carboxylic acids is 2. The van der Waals surface area contributed by atoms with Crippen molar-refractivity contribution in [3.63, 3.8) is 0 Å². The predicted molar refractivity (Wildman–Crippen MR) is 151 cm³/mol. The van der Waals surface area contributed by atoms with Gasteiger partial charge < -0.3 is 9.67 Å². The number of aromatic carboxylic acids is 1. The van der Waals surface area contributed by atoms with E-state index in [1.807, 2.05) is 36.6 Å². The maximum absolute atomic E-state index is 13.8. The molecular weight excluding hydrogens is 498 g/mol.